The van der Waals surface area contributed by atoms with E-state index >= 15 is 0 Å². The molecule has 6 nitrogen and oxygen atoms in total. The third kappa shape index (κ3) is 3.86. The van der Waals surface area contributed by atoms with Crippen LogP contribution >= 0.6 is 0 Å². The van der Waals surface area contributed by atoms with Gasteiger partial charge in [0.05, 0.1) is 11.6 Å². The van der Waals surface area contributed by atoms with Gasteiger partial charge >= 0.3 is 0 Å². The lowest BCUT2D eigenvalue weighted by Crippen LogP contribution is -2.38. The van der Waals surface area contributed by atoms with Crippen molar-refractivity contribution >= 4 is 17.5 Å². The molecule has 3 aromatic rings. The summed E-state index contributed by atoms with van der Waals surface area (Å²) in [5.74, 6) is 1.57. The maximum Gasteiger partial charge on any atom is 0.255 e. The molecular formula is C22H23N5O. The van der Waals surface area contributed by atoms with Crippen LogP contribution in [0, 0.1) is 6.92 Å². The van der Waals surface area contributed by atoms with Gasteiger partial charge in [0.15, 0.2) is 0 Å². The number of likely N-dealkylation sites (tertiary alicyclic amines) is 1. The highest BCUT2D eigenvalue weighted by Gasteiger charge is 2.29. The molecule has 0 aliphatic carbocycles. The van der Waals surface area contributed by atoms with Crippen LogP contribution in [-0.4, -0.2) is 32.3 Å². The molecule has 142 valence electrons. The Labute approximate surface area is 164 Å². The number of piperidine rings is 1. The van der Waals surface area contributed by atoms with Gasteiger partial charge in [-0.3, -0.25) is 9.78 Å². The summed E-state index contributed by atoms with van der Waals surface area (Å²) < 4.78 is 0. The van der Waals surface area contributed by atoms with E-state index in [4.69, 9.17) is 0 Å². The molecule has 0 bridgehead atoms. The zero-order valence-electron chi connectivity index (χ0n) is 15.9. The number of hydrogen-bond acceptors (Lipinski definition) is 5. The average molecular weight is 373 g/mol. The van der Waals surface area contributed by atoms with Gasteiger partial charge in [-0.1, -0.05) is 12.1 Å². The van der Waals surface area contributed by atoms with E-state index in [9.17, 15) is 4.79 Å². The van der Waals surface area contributed by atoms with Crippen LogP contribution in [0.5, 0.6) is 0 Å². The van der Waals surface area contributed by atoms with Gasteiger partial charge in [-0.05, 0) is 61.6 Å². The van der Waals surface area contributed by atoms with Crippen molar-refractivity contribution in [2.75, 3.05) is 11.9 Å². The van der Waals surface area contributed by atoms with Crippen molar-refractivity contribution in [3.05, 3.63) is 77.9 Å². The molecule has 4 heterocycles. The second-order valence-corrected chi connectivity index (χ2v) is 7.02. The minimum Gasteiger partial charge on any atom is -0.332 e. The molecule has 1 N–H and O–H groups in total. The van der Waals surface area contributed by atoms with Crippen LogP contribution < -0.4 is 5.32 Å². The summed E-state index contributed by atoms with van der Waals surface area (Å²) in [6, 6.07) is 11.6. The number of rotatable bonds is 4. The number of carbonyl (C=O) groups excluding carboxylic acids is 1. The van der Waals surface area contributed by atoms with E-state index < -0.39 is 0 Å². The number of aryl methyl sites for hydroxylation is 1. The molecule has 4 rings (SSSR count). The molecule has 6 heteroatoms. The first-order valence-electron chi connectivity index (χ1n) is 9.58. The van der Waals surface area contributed by atoms with Crippen LogP contribution in [0.15, 0.2) is 61.2 Å². The van der Waals surface area contributed by atoms with Crippen molar-refractivity contribution in [3.63, 3.8) is 0 Å². The number of pyridine rings is 3. The molecule has 28 heavy (non-hydrogen) atoms. The highest BCUT2D eigenvalue weighted by Crippen LogP contribution is 2.32. The Morgan fingerprint density at radius 3 is 2.71 bits per heavy atom. The Hall–Kier alpha value is -3.28. The van der Waals surface area contributed by atoms with Crippen LogP contribution in [0.2, 0.25) is 0 Å². The van der Waals surface area contributed by atoms with E-state index in [1.807, 2.05) is 48.4 Å². The molecule has 0 saturated carbocycles. The molecule has 0 aromatic carbocycles. The molecule has 1 saturated heterocycles. The Morgan fingerprint density at radius 1 is 1.07 bits per heavy atom. The Bertz CT molecular complexity index is 943. The van der Waals surface area contributed by atoms with E-state index in [0.29, 0.717) is 5.56 Å². The Kier molecular flexibility index (Phi) is 5.28. The van der Waals surface area contributed by atoms with Gasteiger partial charge in [0.25, 0.3) is 5.91 Å². The molecule has 3 aromatic heterocycles. The van der Waals surface area contributed by atoms with Gasteiger partial charge < -0.3 is 10.2 Å². The van der Waals surface area contributed by atoms with Gasteiger partial charge in [-0.2, -0.15) is 0 Å². The second kappa shape index (κ2) is 8.17. The van der Waals surface area contributed by atoms with Gasteiger partial charge in [-0.15, -0.1) is 0 Å². The van der Waals surface area contributed by atoms with Crippen molar-refractivity contribution in [1.82, 2.24) is 19.9 Å². The van der Waals surface area contributed by atoms with E-state index in [-0.39, 0.29) is 11.9 Å². The summed E-state index contributed by atoms with van der Waals surface area (Å²) in [6.07, 6.45) is 10.0. The van der Waals surface area contributed by atoms with E-state index in [2.05, 4.69) is 20.3 Å². The maximum absolute atomic E-state index is 13.0. The lowest BCUT2D eigenvalue weighted by atomic mass is 9.95. The fourth-order valence-corrected chi connectivity index (χ4v) is 3.59. The van der Waals surface area contributed by atoms with Crippen LogP contribution in [0.4, 0.5) is 11.6 Å². The van der Waals surface area contributed by atoms with Crippen molar-refractivity contribution in [3.8, 4) is 0 Å². The minimum atomic E-state index is 0.0316. The first-order valence-corrected chi connectivity index (χ1v) is 9.58. The lowest BCUT2D eigenvalue weighted by Gasteiger charge is -2.36. The standard InChI is InChI=1S/C22H23N5O/c1-16-6-4-12-24-21(16)26-20-10-9-17(15-25-20)19-8-2-3-13-27(19)22(28)18-7-5-11-23-14-18/h4-7,9-12,14-15,19H,2-3,8,13H2,1H3,(H,24,25,26). The zero-order chi connectivity index (χ0) is 19.3. The molecule has 1 unspecified atom stereocenters. The van der Waals surface area contributed by atoms with E-state index in [1.165, 1.54) is 0 Å². The van der Waals surface area contributed by atoms with Crippen LogP contribution in [-0.2, 0) is 0 Å². The Balaban J connectivity index is 1.53. The van der Waals surface area contributed by atoms with Crippen molar-refractivity contribution < 1.29 is 4.79 Å². The molecule has 1 aliphatic heterocycles. The average Bonchev–Trinajstić information content (AvgIpc) is 2.76. The third-order valence-corrected chi connectivity index (χ3v) is 5.10. The summed E-state index contributed by atoms with van der Waals surface area (Å²) >= 11 is 0. The number of nitrogens with one attached hydrogen (secondary N) is 1. The number of aromatic nitrogens is 3. The fraction of sp³-hybridized carbons (Fsp3) is 0.273. The van der Waals surface area contributed by atoms with Gasteiger partial charge in [0.2, 0.25) is 0 Å². The predicted octanol–water partition coefficient (Wildman–Crippen LogP) is 4.29. The normalized spacial score (nSPS) is 16.6. The van der Waals surface area contributed by atoms with Crippen molar-refractivity contribution in [1.29, 1.82) is 0 Å². The van der Waals surface area contributed by atoms with Gasteiger partial charge in [0.1, 0.15) is 11.6 Å². The maximum atomic E-state index is 13.0. The first-order chi connectivity index (χ1) is 13.7. The van der Waals surface area contributed by atoms with Crippen LogP contribution in [0.1, 0.15) is 46.8 Å². The third-order valence-electron chi connectivity index (χ3n) is 5.10. The summed E-state index contributed by atoms with van der Waals surface area (Å²) in [7, 11) is 0. The zero-order valence-corrected chi connectivity index (χ0v) is 15.9. The molecule has 1 atom stereocenters. The number of anilines is 2. The largest absolute Gasteiger partial charge is 0.332 e. The predicted molar refractivity (Wildman–Crippen MR) is 108 cm³/mol. The van der Waals surface area contributed by atoms with E-state index in [0.717, 1.165) is 48.6 Å². The first kappa shape index (κ1) is 18.1. The molecular weight excluding hydrogens is 350 g/mol. The van der Waals surface area contributed by atoms with E-state index in [1.54, 1.807) is 24.7 Å². The van der Waals surface area contributed by atoms with Gasteiger partial charge in [0, 0.05) is 31.3 Å². The number of carbonyl (C=O) groups is 1. The molecule has 1 aliphatic rings. The topological polar surface area (TPSA) is 71.0 Å². The fourth-order valence-electron chi connectivity index (χ4n) is 3.59. The lowest BCUT2D eigenvalue weighted by molar-refractivity contribution is 0.0611. The number of amides is 1. The van der Waals surface area contributed by atoms with Crippen molar-refractivity contribution in [2.45, 2.75) is 32.2 Å². The SMILES string of the molecule is Cc1cccnc1Nc1ccc(C2CCCCN2C(=O)c2cccnc2)cn1. The van der Waals surface area contributed by atoms with Crippen molar-refractivity contribution in [2.24, 2.45) is 0 Å². The molecule has 1 fully saturated rings. The number of nitrogens with zero attached hydrogens (tertiary/aromatic N) is 4. The highest BCUT2D eigenvalue weighted by atomic mass is 16.2. The van der Waals surface area contributed by atoms with Crippen LogP contribution in [0.3, 0.4) is 0 Å². The minimum absolute atomic E-state index is 0.0316. The molecule has 0 radical (unpaired) electrons. The quantitative estimate of drug-likeness (QED) is 0.739. The summed E-state index contributed by atoms with van der Waals surface area (Å²) in [5.41, 5.74) is 2.75. The summed E-state index contributed by atoms with van der Waals surface area (Å²) in [4.78, 5) is 27.9. The highest BCUT2D eigenvalue weighted by molar-refractivity contribution is 5.94. The Morgan fingerprint density at radius 2 is 1.96 bits per heavy atom. The number of hydrogen-bond donors (Lipinski definition) is 1. The molecule has 0 spiro atoms. The molecule has 1 amide bonds. The van der Waals surface area contributed by atoms with Gasteiger partial charge in [-0.25, -0.2) is 9.97 Å². The van der Waals surface area contributed by atoms with Crippen LogP contribution in [0.25, 0.3) is 0 Å². The summed E-state index contributed by atoms with van der Waals surface area (Å²) in [6.45, 7) is 2.76. The monoisotopic (exact) mass is 373 g/mol. The summed E-state index contributed by atoms with van der Waals surface area (Å²) in [5, 5.41) is 3.25. The smallest absolute Gasteiger partial charge is 0.255 e. The second-order valence-electron chi connectivity index (χ2n) is 7.02.